The molecule has 0 fully saturated rings. The van der Waals surface area contributed by atoms with Gasteiger partial charge in [-0.05, 0) is 27.6 Å². The van der Waals surface area contributed by atoms with Crippen molar-refractivity contribution in [3.63, 3.8) is 0 Å². The van der Waals surface area contributed by atoms with Crippen LogP contribution in [0.3, 0.4) is 0 Å². The van der Waals surface area contributed by atoms with Crippen molar-refractivity contribution < 1.29 is 0 Å². The third kappa shape index (κ3) is 2.88. The molecule has 0 saturated carbocycles. The van der Waals surface area contributed by atoms with Crippen LogP contribution in [-0.2, 0) is 0 Å². The lowest BCUT2D eigenvalue weighted by atomic mass is 10.2. The fraction of sp³-hybridized carbons (Fsp3) is 0. The van der Waals surface area contributed by atoms with Crippen LogP contribution in [0.25, 0.3) is 6.08 Å². The van der Waals surface area contributed by atoms with Gasteiger partial charge in [0.25, 0.3) is 0 Å². The van der Waals surface area contributed by atoms with Gasteiger partial charge in [0.2, 0.25) is 0 Å². The molecule has 1 rings (SSSR count). The lowest BCUT2D eigenvalue weighted by Crippen LogP contribution is -1.82. The van der Waals surface area contributed by atoms with Crippen LogP contribution in [0.1, 0.15) is 5.56 Å². The largest absolute Gasteiger partial charge is 0.323 e. The van der Waals surface area contributed by atoms with Gasteiger partial charge in [-0.25, -0.2) is 0 Å². The monoisotopic (exact) mass is 224 g/mol. The minimum Gasteiger partial charge on any atom is -0.323 e. The van der Waals surface area contributed by atoms with Gasteiger partial charge < -0.3 is 5.84 Å². The second kappa shape index (κ2) is 4.72. The number of allylic oxidation sites excluding steroid dienone is 1. The number of rotatable bonds is 2. The molecule has 0 saturated heterocycles. The van der Waals surface area contributed by atoms with E-state index in [4.69, 9.17) is 5.84 Å². The standard InChI is InChI=1S/C9H9BrN2/c10-9(7-12-11)6-8-4-2-1-3-5-8/h1-7H,11H2/b9-6-,12-7-. The average molecular weight is 225 g/mol. The van der Waals surface area contributed by atoms with Crippen molar-refractivity contribution in [2.24, 2.45) is 10.9 Å². The first-order valence-corrected chi connectivity index (χ1v) is 4.28. The highest BCUT2D eigenvalue weighted by molar-refractivity contribution is 9.12. The SMILES string of the molecule is N/N=C\C(Br)=C\c1ccccc1. The molecule has 0 heterocycles. The van der Waals surface area contributed by atoms with Crippen LogP contribution in [0.5, 0.6) is 0 Å². The number of hydrogen-bond donors (Lipinski definition) is 1. The van der Waals surface area contributed by atoms with Crippen LogP contribution in [0, 0.1) is 0 Å². The van der Waals surface area contributed by atoms with E-state index in [0.29, 0.717) is 0 Å². The highest BCUT2D eigenvalue weighted by Gasteiger charge is 1.87. The van der Waals surface area contributed by atoms with Crippen molar-refractivity contribution in [1.29, 1.82) is 0 Å². The number of hydrazone groups is 1. The Bertz CT molecular complexity index is 291. The Labute approximate surface area is 79.9 Å². The molecule has 0 bridgehead atoms. The van der Waals surface area contributed by atoms with E-state index in [1.54, 1.807) is 6.21 Å². The van der Waals surface area contributed by atoms with Crippen LogP contribution in [0.2, 0.25) is 0 Å². The van der Waals surface area contributed by atoms with Gasteiger partial charge in [0.15, 0.2) is 0 Å². The van der Waals surface area contributed by atoms with Crippen molar-refractivity contribution >= 4 is 28.2 Å². The van der Waals surface area contributed by atoms with Gasteiger partial charge in [-0.2, -0.15) is 5.10 Å². The summed E-state index contributed by atoms with van der Waals surface area (Å²) in [6.45, 7) is 0. The predicted octanol–water partition coefficient (Wildman–Crippen LogP) is 2.37. The summed E-state index contributed by atoms with van der Waals surface area (Å²) in [4.78, 5) is 0. The molecule has 0 aliphatic carbocycles. The molecule has 2 N–H and O–H groups in total. The Balaban J connectivity index is 2.81. The Morgan fingerprint density at radius 3 is 2.58 bits per heavy atom. The van der Waals surface area contributed by atoms with E-state index >= 15 is 0 Å². The lowest BCUT2D eigenvalue weighted by Gasteiger charge is -1.91. The molecule has 12 heavy (non-hydrogen) atoms. The maximum Gasteiger partial charge on any atom is 0.0607 e. The van der Waals surface area contributed by atoms with Crippen LogP contribution in [0.15, 0.2) is 39.9 Å². The quantitative estimate of drug-likeness (QED) is 0.468. The summed E-state index contributed by atoms with van der Waals surface area (Å²) < 4.78 is 0.858. The minimum absolute atomic E-state index is 0.858. The van der Waals surface area contributed by atoms with E-state index in [1.807, 2.05) is 36.4 Å². The van der Waals surface area contributed by atoms with Crippen LogP contribution in [-0.4, -0.2) is 6.21 Å². The maximum atomic E-state index is 4.98. The molecule has 1 aromatic rings. The van der Waals surface area contributed by atoms with Crippen molar-refractivity contribution in [2.75, 3.05) is 0 Å². The third-order valence-electron chi connectivity index (χ3n) is 1.30. The number of benzene rings is 1. The minimum atomic E-state index is 0.858. The molecule has 0 spiro atoms. The number of halogens is 1. The summed E-state index contributed by atoms with van der Waals surface area (Å²) in [5.41, 5.74) is 1.12. The second-order valence-electron chi connectivity index (χ2n) is 2.22. The Hall–Kier alpha value is -1.09. The fourth-order valence-corrected chi connectivity index (χ4v) is 1.20. The first kappa shape index (κ1) is 9.00. The Kier molecular flexibility index (Phi) is 3.54. The van der Waals surface area contributed by atoms with Crippen molar-refractivity contribution in [1.82, 2.24) is 0 Å². The molecule has 0 aliphatic rings. The number of nitrogens with two attached hydrogens (primary N) is 1. The predicted molar refractivity (Wildman–Crippen MR) is 56.0 cm³/mol. The van der Waals surface area contributed by atoms with Crippen LogP contribution < -0.4 is 5.84 Å². The lowest BCUT2D eigenvalue weighted by molar-refractivity contribution is 1.27. The Morgan fingerprint density at radius 1 is 1.33 bits per heavy atom. The Morgan fingerprint density at radius 2 is 2.00 bits per heavy atom. The van der Waals surface area contributed by atoms with E-state index in [-0.39, 0.29) is 0 Å². The van der Waals surface area contributed by atoms with Gasteiger partial charge in [0.05, 0.1) is 6.21 Å². The number of nitrogens with zero attached hydrogens (tertiary/aromatic N) is 1. The topological polar surface area (TPSA) is 38.4 Å². The summed E-state index contributed by atoms with van der Waals surface area (Å²) in [7, 11) is 0. The van der Waals surface area contributed by atoms with Gasteiger partial charge in [-0.1, -0.05) is 30.3 Å². The first-order valence-electron chi connectivity index (χ1n) is 3.48. The van der Waals surface area contributed by atoms with Crippen molar-refractivity contribution in [3.05, 3.63) is 40.4 Å². The zero-order valence-corrected chi connectivity index (χ0v) is 8.03. The van der Waals surface area contributed by atoms with Crippen molar-refractivity contribution in [3.8, 4) is 0 Å². The molecule has 62 valence electrons. The normalized spacial score (nSPS) is 12.2. The smallest absolute Gasteiger partial charge is 0.0607 e. The van der Waals surface area contributed by atoms with Gasteiger partial charge in [0, 0.05) is 4.48 Å². The zero-order valence-electron chi connectivity index (χ0n) is 6.44. The maximum absolute atomic E-state index is 4.98. The van der Waals surface area contributed by atoms with Crippen molar-refractivity contribution in [2.45, 2.75) is 0 Å². The summed E-state index contributed by atoms with van der Waals surface area (Å²) >= 11 is 3.31. The molecule has 0 amide bonds. The molecular formula is C9H9BrN2. The summed E-state index contributed by atoms with van der Waals surface area (Å²) in [5, 5.41) is 3.39. The van der Waals surface area contributed by atoms with E-state index < -0.39 is 0 Å². The molecule has 1 aromatic carbocycles. The van der Waals surface area contributed by atoms with Gasteiger partial charge in [-0.15, -0.1) is 0 Å². The molecule has 0 unspecified atom stereocenters. The average Bonchev–Trinajstić information content (AvgIpc) is 2.06. The first-order chi connectivity index (χ1) is 5.83. The van der Waals surface area contributed by atoms with E-state index in [1.165, 1.54) is 0 Å². The number of hydrogen-bond acceptors (Lipinski definition) is 2. The summed E-state index contributed by atoms with van der Waals surface area (Å²) in [6, 6.07) is 9.94. The van der Waals surface area contributed by atoms with Gasteiger partial charge >= 0.3 is 0 Å². The summed E-state index contributed by atoms with van der Waals surface area (Å²) in [5.74, 6) is 4.98. The third-order valence-corrected chi connectivity index (χ3v) is 1.74. The zero-order chi connectivity index (χ0) is 8.81. The molecule has 3 heteroatoms. The van der Waals surface area contributed by atoms with Crippen LogP contribution >= 0.6 is 15.9 Å². The summed E-state index contributed by atoms with van der Waals surface area (Å²) in [6.07, 6.45) is 3.49. The van der Waals surface area contributed by atoms with E-state index in [0.717, 1.165) is 10.0 Å². The highest BCUT2D eigenvalue weighted by atomic mass is 79.9. The van der Waals surface area contributed by atoms with Crippen LogP contribution in [0.4, 0.5) is 0 Å². The highest BCUT2D eigenvalue weighted by Crippen LogP contribution is 2.09. The van der Waals surface area contributed by atoms with E-state index in [2.05, 4.69) is 21.0 Å². The van der Waals surface area contributed by atoms with Gasteiger partial charge in [0.1, 0.15) is 0 Å². The molecule has 0 radical (unpaired) electrons. The molecule has 0 atom stereocenters. The molecule has 0 aliphatic heterocycles. The van der Waals surface area contributed by atoms with E-state index in [9.17, 15) is 0 Å². The molecule has 2 nitrogen and oxygen atoms in total. The second-order valence-corrected chi connectivity index (χ2v) is 3.13. The molecule has 0 aromatic heterocycles. The fourth-order valence-electron chi connectivity index (χ4n) is 0.817. The van der Waals surface area contributed by atoms with Gasteiger partial charge in [-0.3, -0.25) is 0 Å². The molecular weight excluding hydrogens is 216 g/mol.